The molecule has 1 heterocycles. The van der Waals surface area contributed by atoms with Crippen LogP contribution in [0.25, 0.3) is 11.3 Å². The van der Waals surface area contributed by atoms with Gasteiger partial charge in [0.25, 0.3) is 0 Å². The van der Waals surface area contributed by atoms with Gasteiger partial charge in [0.15, 0.2) is 5.82 Å². The summed E-state index contributed by atoms with van der Waals surface area (Å²) in [7, 11) is 0. The predicted octanol–water partition coefficient (Wildman–Crippen LogP) is 1.29. The van der Waals surface area contributed by atoms with Crippen molar-refractivity contribution in [3.8, 4) is 11.3 Å². The molecule has 1 aromatic heterocycles. The van der Waals surface area contributed by atoms with Crippen molar-refractivity contribution < 1.29 is 4.39 Å². The number of benzene rings is 1. The maximum atomic E-state index is 13.0. The molecule has 0 saturated carbocycles. The van der Waals surface area contributed by atoms with E-state index in [4.69, 9.17) is 11.6 Å². The molecule has 0 unspecified atom stereocenters. The van der Waals surface area contributed by atoms with Crippen molar-refractivity contribution in [2.75, 3.05) is 11.6 Å². The van der Waals surface area contributed by atoms with Gasteiger partial charge in [-0.05, 0) is 19.1 Å². The molecule has 0 aliphatic rings. The third kappa shape index (κ3) is 1.52. The highest BCUT2D eigenvalue weighted by molar-refractivity contribution is 5.70. The van der Waals surface area contributed by atoms with E-state index < -0.39 is 0 Å². The molecule has 0 amide bonds. The average molecular weight is 206 g/mol. The molecule has 0 aliphatic heterocycles. The summed E-state index contributed by atoms with van der Waals surface area (Å²) in [6.07, 6.45) is 0. The SMILES string of the molecule is Cc1nc(-c2cccc(F)c2)c(N)n1N. The van der Waals surface area contributed by atoms with E-state index in [-0.39, 0.29) is 5.82 Å². The highest BCUT2D eigenvalue weighted by Gasteiger charge is 2.11. The quantitative estimate of drug-likeness (QED) is 0.691. The Labute approximate surface area is 86.3 Å². The molecule has 5 heteroatoms. The topological polar surface area (TPSA) is 69.9 Å². The lowest BCUT2D eigenvalue weighted by molar-refractivity contribution is 0.628. The molecule has 4 N–H and O–H groups in total. The minimum Gasteiger partial charge on any atom is -0.382 e. The van der Waals surface area contributed by atoms with E-state index in [1.54, 1.807) is 19.1 Å². The van der Waals surface area contributed by atoms with Crippen molar-refractivity contribution in [2.24, 2.45) is 0 Å². The fourth-order valence-electron chi connectivity index (χ4n) is 1.41. The number of nitrogens with zero attached hydrogens (tertiary/aromatic N) is 2. The van der Waals surface area contributed by atoms with Gasteiger partial charge in [0, 0.05) is 5.56 Å². The third-order valence-electron chi connectivity index (χ3n) is 2.22. The molecule has 2 rings (SSSR count). The van der Waals surface area contributed by atoms with Crippen molar-refractivity contribution in [3.63, 3.8) is 0 Å². The van der Waals surface area contributed by atoms with E-state index >= 15 is 0 Å². The molecule has 0 saturated heterocycles. The molecule has 0 fully saturated rings. The number of aromatic nitrogens is 2. The van der Waals surface area contributed by atoms with Crippen molar-refractivity contribution in [3.05, 3.63) is 35.9 Å². The van der Waals surface area contributed by atoms with Gasteiger partial charge in [-0.3, -0.25) is 0 Å². The van der Waals surface area contributed by atoms with Crippen LogP contribution >= 0.6 is 0 Å². The molecule has 0 spiro atoms. The molecule has 2 aromatic rings. The number of anilines is 1. The van der Waals surface area contributed by atoms with Crippen LogP contribution in [-0.2, 0) is 0 Å². The highest BCUT2D eigenvalue weighted by atomic mass is 19.1. The smallest absolute Gasteiger partial charge is 0.150 e. The summed E-state index contributed by atoms with van der Waals surface area (Å²) < 4.78 is 14.3. The zero-order valence-corrected chi connectivity index (χ0v) is 8.24. The maximum Gasteiger partial charge on any atom is 0.150 e. The number of nitrogen functional groups attached to an aromatic ring is 2. The monoisotopic (exact) mass is 206 g/mol. The third-order valence-corrected chi connectivity index (χ3v) is 2.22. The van der Waals surface area contributed by atoms with E-state index in [9.17, 15) is 4.39 Å². The van der Waals surface area contributed by atoms with Crippen molar-refractivity contribution in [2.45, 2.75) is 6.92 Å². The lowest BCUT2D eigenvalue weighted by Gasteiger charge is -2.00. The van der Waals surface area contributed by atoms with Crippen molar-refractivity contribution in [1.29, 1.82) is 0 Å². The molecule has 0 radical (unpaired) electrons. The van der Waals surface area contributed by atoms with Gasteiger partial charge < -0.3 is 11.6 Å². The second-order valence-corrected chi connectivity index (χ2v) is 3.27. The normalized spacial score (nSPS) is 10.5. The summed E-state index contributed by atoms with van der Waals surface area (Å²) in [5.41, 5.74) is 6.87. The standard InChI is InChI=1S/C10H11FN4/c1-6-14-9(10(12)15(6)13)7-3-2-4-8(11)5-7/h2-5H,12-13H2,1H3. The van der Waals surface area contributed by atoms with E-state index in [1.165, 1.54) is 16.8 Å². The summed E-state index contributed by atoms with van der Waals surface area (Å²) in [6, 6.07) is 6.08. The van der Waals surface area contributed by atoms with Crippen LogP contribution in [0.3, 0.4) is 0 Å². The Morgan fingerprint density at radius 2 is 2.13 bits per heavy atom. The van der Waals surface area contributed by atoms with Crippen molar-refractivity contribution in [1.82, 2.24) is 9.66 Å². The number of hydrogen-bond donors (Lipinski definition) is 2. The van der Waals surface area contributed by atoms with E-state index in [0.29, 0.717) is 22.9 Å². The largest absolute Gasteiger partial charge is 0.382 e. The van der Waals surface area contributed by atoms with Gasteiger partial charge in [0.05, 0.1) is 0 Å². The lowest BCUT2D eigenvalue weighted by atomic mass is 10.1. The fourth-order valence-corrected chi connectivity index (χ4v) is 1.41. The maximum absolute atomic E-state index is 13.0. The Kier molecular flexibility index (Phi) is 2.07. The molecule has 1 aromatic carbocycles. The Hall–Kier alpha value is -2.04. The number of halogens is 1. The summed E-state index contributed by atoms with van der Waals surface area (Å²) >= 11 is 0. The zero-order valence-electron chi connectivity index (χ0n) is 8.24. The van der Waals surface area contributed by atoms with Gasteiger partial charge in [-0.15, -0.1) is 0 Å². The molecule has 0 aliphatic carbocycles. The van der Waals surface area contributed by atoms with Gasteiger partial charge in [0.2, 0.25) is 0 Å². The zero-order chi connectivity index (χ0) is 11.0. The molecular formula is C10H11FN4. The first kappa shape index (κ1) is 9.51. The summed E-state index contributed by atoms with van der Waals surface area (Å²) in [4.78, 5) is 4.17. The van der Waals surface area contributed by atoms with E-state index in [0.717, 1.165) is 0 Å². The Morgan fingerprint density at radius 3 is 2.67 bits per heavy atom. The molecule has 15 heavy (non-hydrogen) atoms. The van der Waals surface area contributed by atoms with Crippen LogP contribution in [0.15, 0.2) is 24.3 Å². The Bertz CT molecular complexity index is 504. The van der Waals surface area contributed by atoms with Crippen LogP contribution < -0.4 is 11.6 Å². The Morgan fingerprint density at radius 1 is 1.40 bits per heavy atom. The first-order chi connectivity index (χ1) is 7.09. The van der Waals surface area contributed by atoms with Crippen LogP contribution in [0.2, 0.25) is 0 Å². The fraction of sp³-hybridized carbons (Fsp3) is 0.100. The second kappa shape index (κ2) is 3.27. The van der Waals surface area contributed by atoms with Gasteiger partial charge in [-0.25, -0.2) is 14.1 Å². The van der Waals surface area contributed by atoms with Crippen molar-refractivity contribution >= 4 is 5.82 Å². The highest BCUT2D eigenvalue weighted by Crippen LogP contribution is 2.24. The molecule has 4 nitrogen and oxygen atoms in total. The number of hydrogen-bond acceptors (Lipinski definition) is 3. The Balaban J connectivity index is 2.59. The first-order valence-corrected chi connectivity index (χ1v) is 4.45. The molecule has 78 valence electrons. The van der Waals surface area contributed by atoms with Gasteiger partial charge in [0.1, 0.15) is 17.3 Å². The second-order valence-electron chi connectivity index (χ2n) is 3.27. The first-order valence-electron chi connectivity index (χ1n) is 4.45. The van der Waals surface area contributed by atoms with Crippen LogP contribution in [0.1, 0.15) is 5.82 Å². The summed E-state index contributed by atoms with van der Waals surface area (Å²) in [6.45, 7) is 1.74. The van der Waals surface area contributed by atoms with Crippen LogP contribution in [0.4, 0.5) is 10.2 Å². The van der Waals surface area contributed by atoms with Gasteiger partial charge in [-0.2, -0.15) is 0 Å². The van der Waals surface area contributed by atoms with E-state index in [1.807, 2.05) is 0 Å². The summed E-state index contributed by atoms with van der Waals surface area (Å²) in [5.74, 6) is 6.21. The van der Waals surface area contributed by atoms with E-state index in [2.05, 4.69) is 4.98 Å². The molecule has 0 bridgehead atoms. The van der Waals surface area contributed by atoms with Crippen LogP contribution in [0.5, 0.6) is 0 Å². The van der Waals surface area contributed by atoms with Gasteiger partial charge in [-0.1, -0.05) is 12.1 Å². The predicted molar refractivity (Wildman–Crippen MR) is 56.9 cm³/mol. The number of nitrogens with two attached hydrogens (primary N) is 2. The number of aryl methyl sites for hydroxylation is 1. The molecule has 0 atom stereocenters. The lowest BCUT2D eigenvalue weighted by Crippen LogP contribution is -2.13. The summed E-state index contributed by atoms with van der Waals surface area (Å²) in [5, 5.41) is 0. The number of imidazole rings is 1. The average Bonchev–Trinajstić information content (AvgIpc) is 2.46. The minimum atomic E-state index is -0.323. The van der Waals surface area contributed by atoms with Crippen LogP contribution in [-0.4, -0.2) is 9.66 Å². The molecular weight excluding hydrogens is 195 g/mol. The van der Waals surface area contributed by atoms with Crippen LogP contribution in [0, 0.1) is 12.7 Å². The minimum absolute atomic E-state index is 0.323. The van der Waals surface area contributed by atoms with Gasteiger partial charge >= 0.3 is 0 Å². The number of rotatable bonds is 1.